The monoisotopic (exact) mass is 210 g/mol. The van der Waals surface area contributed by atoms with Crippen molar-refractivity contribution in [2.75, 3.05) is 33.2 Å². The van der Waals surface area contributed by atoms with Crippen LogP contribution >= 0.6 is 0 Å². The van der Waals surface area contributed by atoms with Gasteiger partial charge >= 0.3 is 0 Å². The van der Waals surface area contributed by atoms with Gasteiger partial charge in [0.25, 0.3) is 0 Å². The van der Waals surface area contributed by atoms with E-state index in [1.54, 1.807) is 0 Å². The van der Waals surface area contributed by atoms with E-state index in [9.17, 15) is 0 Å². The molecular formula is C11H22N4. The number of guanidine groups is 1. The second kappa shape index (κ2) is 3.67. The minimum atomic E-state index is 0.211. The number of nitrogens with zero attached hydrogens (tertiary/aromatic N) is 3. The van der Waals surface area contributed by atoms with Crippen molar-refractivity contribution >= 4 is 5.96 Å². The lowest BCUT2D eigenvalue weighted by Gasteiger charge is -2.37. The number of likely N-dealkylation sites (tertiary alicyclic amines) is 1. The first kappa shape index (κ1) is 10.7. The minimum absolute atomic E-state index is 0.211. The maximum Gasteiger partial charge on any atom is 0.191 e. The molecule has 2 aliphatic heterocycles. The molecule has 0 amide bonds. The van der Waals surface area contributed by atoms with Gasteiger partial charge in [0.05, 0.1) is 12.1 Å². The van der Waals surface area contributed by atoms with Crippen molar-refractivity contribution < 1.29 is 0 Å². The third-order valence-corrected chi connectivity index (χ3v) is 3.46. The first-order valence-corrected chi connectivity index (χ1v) is 5.80. The molecule has 0 aliphatic carbocycles. The quantitative estimate of drug-likeness (QED) is 0.715. The second-order valence-electron chi connectivity index (χ2n) is 5.39. The third-order valence-electron chi connectivity index (χ3n) is 3.46. The van der Waals surface area contributed by atoms with E-state index in [1.807, 2.05) is 0 Å². The van der Waals surface area contributed by atoms with Gasteiger partial charge in [0.15, 0.2) is 5.96 Å². The smallest absolute Gasteiger partial charge is 0.191 e. The Morgan fingerprint density at radius 1 is 1.53 bits per heavy atom. The molecule has 1 spiro atoms. The topological polar surface area (TPSA) is 44.9 Å². The first-order valence-electron chi connectivity index (χ1n) is 5.80. The molecule has 0 bridgehead atoms. The fraction of sp³-hybridized carbons (Fsp3) is 0.909. The van der Waals surface area contributed by atoms with Crippen molar-refractivity contribution in [3.05, 3.63) is 0 Å². The molecule has 15 heavy (non-hydrogen) atoms. The highest BCUT2D eigenvalue weighted by Crippen LogP contribution is 2.31. The molecule has 0 saturated carbocycles. The van der Waals surface area contributed by atoms with Gasteiger partial charge in [-0.25, -0.2) is 0 Å². The summed E-state index contributed by atoms with van der Waals surface area (Å²) in [4.78, 5) is 9.14. The molecule has 1 unspecified atom stereocenters. The molecule has 2 aliphatic rings. The molecule has 4 heteroatoms. The Labute approximate surface area is 92.1 Å². The number of hydrogen-bond donors (Lipinski definition) is 1. The summed E-state index contributed by atoms with van der Waals surface area (Å²) >= 11 is 0. The molecular weight excluding hydrogens is 188 g/mol. The van der Waals surface area contributed by atoms with Crippen LogP contribution in [0.1, 0.15) is 20.3 Å². The minimum Gasteiger partial charge on any atom is -0.370 e. The standard InChI is InChI=1S/C11H22N4/c1-9(2)6-15-10(12)13-7-11(15)4-5-14(3)8-11/h9H,4-8H2,1-3H3,(H2,12,13). The van der Waals surface area contributed by atoms with Crippen molar-refractivity contribution in [3.63, 3.8) is 0 Å². The van der Waals surface area contributed by atoms with E-state index in [-0.39, 0.29) is 5.54 Å². The summed E-state index contributed by atoms with van der Waals surface area (Å²) < 4.78 is 0. The van der Waals surface area contributed by atoms with Gasteiger partial charge in [-0.15, -0.1) is 0 Å². The molecule has 4 nitrogen and oxygen atoms in total. The SMILES string of the molecule is CC(C)CN1C(N)=NCC12CCN(C)C2. The van der Waals surface area contributed by atoms with E-state index in [2.05, 4.69) is 35.7 Å². The molecule has 0 aromatic heterocycles. The molecule has 2 heterocycles. The molecule has 2 rings (SSSR count). The maximum atomic E-state index is 5.98. The van der Waals surface area contributed by atoms with E-state index in [0.717, 1.165) is 32.1 Å². The molecule has 86 valence electrons. The highest BCUT2D eigenvalue weighted by molar-refractivity contribution is 5.81. The van der Waals surface area contributed by atoms with Gasteiger partial charge in [-0.05, 0) is 19.4 Å². The van der Waals surface area contributed by atoms with Crippen LogP contribution in [0, 0.1) is 5.92 Å². The lowest BCUT2D eigenvalue weighted by atomic mass is 9.96. The Morgan fingerprint density at radius 2 is 2.27 bits per heavy atom. The molecule has 0 aromatic carbocycles. The molecule has 1 saturated heterocycles. The average molecular weight is 210 g/mol. The van der Waals surface area contributed by atoms with Crippen LogP contribution < -0.4 is 5.73 Å². The molecule has 0 radical (unpaired) electrons. The number of aliphatic imine (C=N–C) groups is 1. The van der Waals surface area contributed by atoms with Crippen LogP contribution in [-0.4, -0.2) is 54.5 Å². The van der Waals surface area contributed by atoms with Gasteiger partial charge in [0, 0.05) is 19.6 Å². The molecule has 0 aromatic rings. The molecule has 1 atom stereocenters. The van der Waals surface area contributed by atoms with Gasteiger partial charge in [-0.3, -0.25) is 4.99 Å². The van der Waals surface area contributed by atoms with Crippen LogP contribution in [0.2, 0.25) is 0 Å². The van der Waals surface area contributed by atoms with Crippen molar-refractivity contribution in [3.8, 4) is 0 Å². The lowest BCUT2D eigenvalue weighted by Crippen LogP contribution is -2.54. The van der Waals surface area contributed by atoms with Crippen molar-refractivity contribution in [2.24, 2.45) is 16.6 Å². The zero-order chi connectivity index (χ0) is 11.1. The predicted molar refractivity (Wildman–Crippen MR) is 62.9 cm³/mol. The van der Waals surface area contributed by atoms with Gasteiger partial charge in [-0.2, -0.15) is 0 Å². The number of rotatable bonds is 2. The van der Waals surface area contributed by atoms with E-state index >= 15 is 0 Å². The summed E-state index contributed by atoms with van der Waals surface area (Å²) in [7, 11) is 2.18. The summed E-state index contributed by atoms with van der Waals surface area (Å²) in [5, 5.41) is 0. The fourth-order valence-corrected chi connectivity index (χ4v) is 2.70. The van der Waals surface area contributed by atoms with Crippen molar-refractivity contribution in [1.82, 2.24) is 9.80 Å². The van der Waals surface area contributed by atoms with Gasteiger partial charge in [-0.1, -0.05) is 13.8 Å². The Bertz CT molecular complexity index is 274. The number of nitrogens with two attached hydrogens (primary N) is 1. The van der Waals surface area contributed by atoms with Crippen LogP contribution in [0.15, 0.2) is 4.99 Å². The Balaban J connectivity index is 2.13. The van der Waals surface area contributed by atoms with Crippen molar-refractivity contribution in [1.29, 1.82) is 0 Å². The van der Waals surface area contributed by atoms with Gasteiger partial charge < -0.3 is 15.5 Å². The largest absolute Gasteiger partial charge is 0.370 e. The van der Waals surface area contributed by atoms with Crippen LogP contribution in [0.25, 0.3) is 0 Å². The Morgan fingerprint density at radius 3 is 2.80 bits per heavy atom. The lowest BCUT2D eigenvalue weighted by molar-refractivity contribution is 0.187. The summed E-state index contributed by atoms with van der Waals surface area (Å²) in [5.41, 5.74) is 6.20. The Kier molecular flexibility index (Phi) is 2.63. The average Bonchev–Trinajstić information content (AvgIpc) is 2.65. The predicted octanol–water partition coefficient (Wildman–Crippen LogP) is 0.347. The zero-order valence-corrected chi connectivity index (χ0v) is 10.0. The van der Waals surface area contributed by atoms with E-state index in [1.165, 1.54) is 6.42 Å². The maximum absolute atomic E-state index is 5.98. The fourth-order valence-electron chi connectivity index (χ4n) is 2.70. The van der Waals surface area contributed by atoms with E-state index < -0.39 is 0 Å². The van der Waals surface area contributed by atoms with Crippen LogP contribution in [0.3, 0.4) is 0 Å². The second-order valence-corrected chi connectivity index (χ2v) is 5.39. The number of hydrogen-bond acceptors (Lipinski definition) is 4. The zero-order valence-electron chi connectivity index (χ0n) is 10.0. The van der Waals surface area contributed by atoms with Crippen LogP contribution in [0.5, 0.6) is 0 Å². The number of likely N-dealkylation sites (N-methyl/N-ethyl adjacent to an activating group) is 1. The summed E-state index contributed by atoms with van der Waals surface area (Å²) in [6, 6.07) is 0. The molecule has 2 N–H and O–H groups in total. The van der Waals surface area contributed by atoms with Gasteiger partial charge in [0.2, 0.25) is 0 Å². The highest BCUT2D eigenvalue weighted by Gasteiger charge is 2.46. The summed E-state index contributed by atoms with van der Waals surface area (Å²) in [5.74, 6) is 1.39. The van der Waals surface area contributed by atoms with E-state index in [4.69, 9.17) is 5.73 Å². The first-order chi connectivity index (χ1) is 7.03. The van der Waals surface area contributed by atoms with Crippen LogP contribution in [-0.2, 0) is 0 Å². The summed E-state index contributed by atoms with van der Waals surface area (Å²) in [6.45, 7) is 8.65. The van der Waals surface area contributed by atoms with Crippen LogP contribution in [0.4, 0.5) is 0 Å². The highest BCUT2D eigenvalue weighted by atomic mass is 15.4. The molecule has 1 fully saturated rings. The van der Waals surface area contributed by atoms with Gasteiger partial charge in [0.1, 0.15) is 0 Å². The Hall–Kier alpha value is -0.770. The summed E-state index contributed by atoms with van der Waals surface area (Å²) in [6.07, 6.45) is 1.19. The van der Waals surface area contributed by atoms with E-state index in [0.29, 0.717) is 5.92 Å². The normalized spacial score (nSPS) is 32.0. The third kappa shape index (κ3) is 1.83. The van der Waals surface area contributed by atoms with Crippen molar-refractivity contribution in [2.45, 2.75) is 25.8 Å².